The van der Waals surface area contributed by atoms with E-state index in [-0.39, 0.29) is 0 Å². The molecule has 0 saturated heterocycles. The van der Waals surface area contributed by atoms with Gasteiger partial charge in [-0.1, -0.05) is 6.07 Å². The smallest absolute Gasteiger partial charge is 0.126 e. The molecule has 0 aromatic carbocycles. The summed E-state index contributed by atoms with van der Waals surface area (Å²) in [5, 5.41) is 3.26. The quantitative estimate of drug-likeness (QED) is 0.937. The average Bonchev–Trinajstić information content (AvgIpc) is 2.32. The van der Waals surface area contributed by atoms with Crippen molar-refractivity contribution >= 4 is 21.7 Å². The van der Waals surface area contributed by atoms with Gasteiger partial charge in [-0.05, 0) is 46.1 Å². The fraction of sp³-hybridized carbons (Fsp3) is 0.167. The van der Waals surface area contributed by atoms with E-state index in [2.05, 4.69) is 31.2 Å². The molecular formula is C12H12BrN3. The Morgan fingerprint density at radius 2 is 2.25 bits per heavy atom. The Morgan fingerprint density at radius 3 is 2.94 bits per heavy atom. The highest BCUT2D eigenvalue weighted by atomic mass is 79.9. The topological polar surface area (TPSA) is 37.8 Å². The number of pyridine rings is 2. The molecule has 1 N–H and O–H groups in total. The molecule has 0 saturated carbocycles. The van der Waals surface area contributed by atoms with Crippen molar-refractivity contribution in [2.75, 3.05) is 5.32 Å². The molecule has 82 valence electrons. The van der Waals surface area contributed by atoms with Crippen LogP contribution in [0.4, 0.5) is 5.82 Å². The van der Waals surface area contributed by atoms with Gasteiger partial charge in [0.1, 0.15) is 5.82 Å². The Kier molecular flexibility index (Phi) is 3.51. The summed E-state index contributed by atoms with van der Waals surface area (Å²) in [5.41, 5.74) is 2.31. The van der Waals surface area contributed by atoms with Gasteiger partial charge in [-0.25, -0.2) is 4.98 Å². The molecule has 0 amide bonds. The van der Waals surface area contributed by atoms with Crippen molar-refractivity contribution in [3.05, 3.63) is 52.4 Å². The van der Waals surface area contributed by atoms with Gasteiger partial charge in [0.2, 0.25) is 0 Å². The molecule has 0 radical (unpaired) electrons. The molecular weight excluding hydrogens is 266 g/mol. The lowest BCUT2D eigenvalue weighted by Crippen LogP contribution is -2.01. The summed E-state index contributed by atoms with van der Waals surface area (Å²) in [6.45, 7) is 2.78. The van der Waals surface area contributed by atoms with Gasteiger partial charge in [-0.2, -0.15) is 0 Å². The van der Waals surface area contributed by atoms with Gasteiger partial charge in [-0.3, -0.25) is 4.98 Å². The zero-order valence-corrected chi connectivity index (χ0v) is 10.5. The van der Waals surface area contributed by atoms with Crippen LogP contribution in [-0.4, -0.2) is 9.97 Å². The lowest BCUT2D eigenvalue weighted by molar-refractivity contribution is 1.08. The summed E-state index contributed by atoms with van der Waals surface area (Å²) in [5.74, 6) is 0.879. The maximum absolute atomic E-state index is 4.28. The minimum absolute atomic E-state index is 0.738. The fourth-order valence-corrected chi connectivity index (χ4v) is 1.55. The third kappa shape index (κ3) is 2.79. The molecule has 0 atom stereocenters. The van der Waals surface area contributed by atoms with Crippen molar-refractivity contribution in [1.29, 1.82) is 0 Å². The maximum Gasteiger partial charge on any atom is 0.126 e. The molecule has 2 aromatic rings. The molecule has 0 aliphatic rings. The molecule has 2 heterocycles. The fourth-order valence-electron chi connectivity index (χ4n) is 1.33. The van der Waals surface area contributed by atoms with Crippen molar-refractivity contribution in [3.63, 3.8) is 0 Å². The van der Waals surface area contributed by atoms with Gasteiger partial charge in [0.25, 0.3) is 0 Å². The maximum atomic E-state index is 4.28. The summed E-state index contributed by atoms with van der Waals surface area (Å²) >= 11 is 3.43. The van der Waals surface area contributed by atoms with E-state index in [9.17, 15) is 0 Å². The average molecular weight is 278 g/mol. The van der Waals surface area contributed by atoms with Crippen molar-refractivity contribution < 1.29 is 0 Å². The van der Waals surface area contributed by atoms with E-state index >= 15 is 0 Å². The zero-order chi connectivity index (χ0) is 11.4. The van der Waals surface area contributed by atoms with Crippen LogP contribution in [0.3, 0.4) is 0 Å². The van der Waals surface area contributed by atoms with E-state index in [1.165, 1.54) is 5.56 Å². The van der Waals surface area contributed by atoms with Crippen LogP contribution in [0.1, 0.15) is 11.1 Å². The highest BCUT2D eigenvalue weighted by molar-refractivity contribution is 9.10. The lowest BCUT2D eigenvalue weighted by atomic mass is 10.2. The summed E-state index contributed by atoms with van der Waals surface area (Å²) in [6, 6.07) is 5.98. The number of anilines is 1. The van der Waals surface area contributed by atoms with Crippen LogP contribution in [0.25, 0.3) is 0 Å². The van der Waals surface area contributed by atoms with E-state index in [0.717, 1.165) is 22.4 Å². The van der Waals surface area contributed by atoms with Crippen LogP contribution in [0.15, 0.2) is 41.3 Å². The Labute approximate surface area is 103 Å². The van der Waals surface area contributed by atoms with E-state index < -0.39 is 0 Å². The van der Waals surface area contributed by atoms with Crippen molar-refractivity contribution in [2.45, 2.75) is 13.5 Å². The van der Waals surface area contributed by atoms with Crippen molar-refractivity contribution in [2.24, 2.45) is 0 Å². The number of hydrogen-bond acceptors (Lipinski definition) is 3. The molecule has 0 unspecified atom stereocenters. The van der Waals surface area contributed by atoms with E-state index in [4.69, 9.17) is 0 Å². The molecule has 4 heteroatoms. The number of nitrogens with one attached hydrogen (secondary N) is 1. The number of hydrogen-bond donors (Lipinski definition) is 1. The standard InChI is InChI=1S/C12H12BrN3/c1-9-5-12(16-8-11(9)13)15-7-10-3-2-4-14-6-10/h2-6,8H,7H2,1H3,(H,15,16). The second-order valence-electron chi connectivity index (χ2n) is 3.53. The molecule has 2 rings (SSSR count). The number of aromatic nitrogens is 2. The van der Waals surface area contributed by atoms with Crippen LogP contribution in [0.5, 0.6) is 0 Å². The van der Waals surface area contributed by atoms with Gasteiger partial charge < -0.3 is 5.32 Å². The monoisotopic (exact) mass is 277 g/mol. The van der Waals surface area contributed by atoms with Gasteiger partial charge in [0.05, 0.1) is 0 Å². The van der Waals surface area contributed by atoms with Crippen LogP contribution in [0.2, 0.25) is 0 Å². The minimum Gasteiger partial charge on any atom is -0.366 e. The first kappa shape index (κ1) is 11.1. The molecule has 0 aliphatic heterocycles. The van der Waals surface area contributed by atoms with Gasteiger partial charge in [0.15, 0.2) is 0 Å². The summed E-state index contributed by atoms with van der Waals surface area (Å²) in [4.78, 5) is 8.34. The van der Waals surface area contributed by atoms with E-state index in [1.807, 2.05) is 31.3 Å². The Hall–Kier alpha value is -1.42. The zero-order valence-electron chi connectivity index (χ0n) is 8.94. The van der Waals surface area contributed by atoms with Crippen molar-refractivity contribution in [1.82, 2.24) is 9.97 Å². The number of aryl methyl sites for hydroxylation is 1. The molecule has 0 bridgehead atoms. The van der Waals surface area contributed by atoms with Gasteiger partial charge >= 0.3 is 0 Å². The Morgan fingerprint density at radius 1 is 1.38 bits per heavy atom. The predicted octanol–water partition coefficient (Wildman–Crippen LogP) is 3.16. The SMILES string of the molecule is Cc1cc(NCc2cccnc2)ncc1Br. The molecule has 3 nitrogen and oxygen atoms in total. The van der Waals surface area contributed by atoms with Gasteiger partial charge in [-0.15, -0.1) is 0 Å². The van der Waals surface area contributed by atoms with Crippen LogP contribution < -0.4 is 5.32 Å². The van der Waals surface area contributed by atoms with Crippen LogP contribution in [0, 0.1) is 6.92 Å². The van der Waals surface area contributed by atoms with Gasteiger partial charge in [0, 0.05) is 29.6 Å². The predicted molar refractivity (Wildman–Crippen MR) is 68.2 cm³/mol. The number of rotatable bonds is 3. The molecule has 16 heavy (non-hydrogen) atoms. The van der Waals surface area contributed by atoms with Crippen molar-refractivity contribution in [3.8, 4) is 0 Å². The Bertz CT molecular complexity index is 471. The highest BCUT2D eigenvalue weighted by Crippen LogP contribution is 2.17. The molecule has 2 aromatic heterocycles. The minimum atomic E-state index is 0.738. The molecule has 0 fully saturated rings. The first-order chi connectivity index (χ1) is 7.75. The lowest BCUT2D eigenvalue weighted by Gasteiger charge is -2.06. The second kappa shape index (κ2) is 5.07. The first-order valence-electron chi connectivity index (χ1n) is 5.00. The summed E-state index contributed by atoms with van der Waals surface area (Å²) in [7, 11) is 0. The molecule has 0 spiro atoms. The number of nitrogens with zero attached hydrogens (tertiary/aromatic N) is 2. The summed E-state index contributed by atoms with van der Waals surface area (Å²) < 4.78 is 1.03. The third-order valence-electron chi connectivity index (χ3n) is 2.24. The van der Waals surface area contributed by atoms with E-state index in [0.29, 0.717) is 0 Å². The molecule has 0 aliphatic carbocycles. The number of halogens is 1. The second-order valence-corrected chi connectivity index (χ2v) is 4.39. The largest absolute Gasteiger partial charge is 0.366 e. The van der Waals surface area contributed by atoms with E-state index in [1.54, 1.807) is 12.4 Å². The third-order valence-corrected chi connectivity index (χ3v) is 3.07. The summed E-state index contributed by atoms with van der Waals surface area (Å²) in [6.07, 6.45) is 5.42. The highest BCUT2D eigenvalue weighted by Gasteiger charge is 1.98. The Balaban J connectivity index is 2.03. The van der Waals surface area contributed by atoms with Crippen LogP contribution >= 0.6 is 15.9 Å². The first-order valence-corrected chi connectivity index (χ1v) is 5.80. The normalized spacial score (nSPS) is 10.1. The van der Waals surface area contributed by atoms with Crippen LogP contribution in [-0.2, 0) is 6.54 Å².